The lowest BCUT2D eigenvalue weighted by Crippen LogP contribution is -2.13. The molecule has 1 atom stereocenters. The molecule has 0 aliphatic heterocycles. The SMILES string of the molecule is CCS(=O)(=O)CCCC(Cl)C(C)C. The Kier molecular flexibility index (Phi) is 5.97. The summed E-state index contributed by atoms with van der Waals surface area (Å²) in [5, 5.41) is 0.104. The fraction of sp³-hybridized carbons (Fsp3) is 1.00. The van der Waals surface area contributed by atoms with Gasteiger partial charge in [-0.05, 0) is 18.8 Å². The monoisotopic (exact) mass is 226 g/mol. The lowest BCUT2D eigenvalue weighted by Gasteiger charge is -2.12. The van der Waals surface area contributed by atoms with Gasteiger partial charge < -0.3 is 0 Å². The summed E-state index contributed by atoms with van der Waals surface area (Å²) in [5.41, 5.74) is 0. The minimum absolute atomic E-state index is 0.104. The predicted molar refractivity (Wildman–Crippen MR) is 58.0 cm³/mol. The summed E-state index contributed by atoms with van der Waals surface area (Å²) in [4.78, 5) is 0. The predicted octanol–water partition coefficient (Wildman–Crippen LogP) is 2.46. The third-order valence-electron chi connectivity index (χ3n) is 2.10. The summed E-state index contributed by atoms with van der Waals surface area (Å²) in [6, 6.07) is 0. The summed E-state index contributed by atoms with van der Waals surface area (Å²) in [6.45, 7) is 5.77. The van der Waals surface area contributed by atoms with E-state index in [1.165, 1.54) is 0 Å². The molecule has 0 amide bonds. The van der Waals surface area contributed by atoms with Gasteiger partial charge in [0.2, 0.25) is 0 Å². The molecule has 0 aromatic rings. The minimum Gasteiger partial charge on any atom is -0.229 e. The highest BCUT2D eigenvalue weighted by Gasteiger charge is 2.12. The molecule has 0 N–H and O–H groups in total. The van der Waals surface area contributed by atoms with E-state index in [4.69, 9.17) is 11.6 Å². The molecule has 80 valence electrons. The molecule has 0 aromatic carbocycles. The molecule has 0 fully saturated rings. The fourth-order valence-electron chi connectivity index (χ4n) is 0.976. The van der Waals surface area contributed by atoms with Crippen LogP contribution in [0.3, 0.4) is 0 Å². The Bertz CT molecular complexity index is 222. The smallest absolute Gasteiger partial charge is 0.150 e. The Morgan fingerprint density at radius 3 is 2.23 bits per heavy atom. The van der Waals surface area contributed by atoms with Crippen molar-refractivity contribution in [2.45, 2.75) is 39.0 Å². The van der Waals surface area contributed by atoms with Crippen LogP contribution in [0.15, 0.2) is 0 Å². The lowest BCUT2D eigenvalue weighted by atomic mass is 10.1. The third kappa shape index (κ3) is 6.33. The van der Waals surface area contributed by atoms with E-state index in [1.807, 2.05) is 13.8 Å². The molecule has 1 unspecified atom stereocenters. The summed E-state index contributed by atoms with van der Waals surface area (Å²) in [5.74, 6) is 0.937. The second kappa shape index (κ2) is 5.86. The molecule has 0 radical (unpaired) electrons. The Labute approximate surface area is 86.6 Å². The molecular weight excluding hydrogens is 208 g/mol. The van der Waals surface area contributed by atoms with Crippen molar-refractivity contribution in [3.63, 3.8) is 0 Å². The molecule has 0 bridgehead atoms. The van der Waals surface area contributed by atoms with E-state index in [2.05, 4.69) is 0 Å². The Morgan fingerprint density at radius 1 is 1.31 bits per heavy atom. The molecule has 0 saturated carbocycles. The normalized spacial score (nSPS) is 14.8. The maximum atomic E-state index is 11.1. The van der Waals surface area contributed by atoms with Crippen molar-refractivity contribution in [2.75, 3.05) is 11.5 Å². The van der Waals surface area contributed by atoms with Crippen LogP contribution in [0.5, 0.6) is 0 Å². The first-order chi connectivity index (χ1) is 5.89. The van der Waals surface area contributed by atoms with Gasteiger partial charge >= 0.3 is 0 Å². The first kappa shape index (κ1) is 13.2. The number of sulfone groups is 1. The first-order valence-corrected chi connectivity index (χ1v) is 6.99. The zero-order chi connectivity index (χ0) is 10.5. The molecular formula is C9H19ClO2S. The van der Waals surface area contributed by atoms with E-state index in [9.17, 15) is 8.42 Å². The van der Waals surface area contributed by atoms with Crippen molar-refractivity contribution in [1.29, 1.82) is 0 Å². The Hall–Kier alpha value is 0.240. The van der Waals surface area contributed by atoms with Crippen LogP contribution < -0.4 is 0 Å². The van der Waals surface area contributed by atoms with Crippen molar-refractivity contribution in [2.24, 2.45) is 5.92 Å². The second-order valence-electron chi connectivity index (χ2n) is 3.64. The Morgan fingerprint density at radius 2 is 1.85 bits per heavy atom. The lowest BCUT2D eigenvalue weighted by molar-refractivity contribution is 0.552. The van der Waals surface area contributed by atoms with Gasteiger partial charge in [-0.2, -0.15) is 0 Å². The Balaban J connectivity index is 3.69. The van der Waals surface area contributed by atoms with Crippen LogP contribution in [0.2, 0.25) is 0 Å². The number of rotatable bonds is 6. The topological polar surface area (TPSA) is 34.1 Å². The van der Waals surface area contributed by atoms with Gasteiger partial charge in [-0.25, -0.2) is 8.42 Å². The number of hydrogen-bond donors (Lipinski definition) is 0. The molecule has 0 heterocycles. The highest BCUT2D eigenvalue weighted by Crippen LogP contribution is 2.15. The van der Waals surface area contributed by atoms with E-state index in [1.54, 1.807) is 6.92 Å². The van der Waals surface area contributed by atoms with Crippen molar-refractivity contribution in [1.82, 2.24) is 0 Å². The molecule has 0 aliphatic carbocycles. The van der Waals surface area contributed by atoms with E-state index >= 15 is 0 Å². The minimum atomic E-state index is -2.80. The van der Waals surface area contributed by atoms with Gasteiger partial charge in [-0.15, -0.1) is 11.6 Å². The van der Waals surface area contributed by atoms with Gasteiger partial charge in [0.1, 0.15) is 9.84 Å². The maximum Gasteiger partial charge on any atom is 0.150 e. The van der Waals surface area contributed by atoms with Crippen LogP contribution in [-0.2, 0) is 9.84 Å². The average Bonchev–Trinajstić information content (AvgIpc) is 2.04. The maximum absolute atomic E-state index is 11.1. The summed E-state index contributed by atoms with van der Waals surface area (Å²) >= 11 is 5.99. The molecule has 2 nitrogen and oxygen atoms in total. The highest BCUT2D eigenvalue weighted by atomic mass is 35.5. The summed E-state index contributed by atoms with van der Waals surface area (Å²) in [7, 11) is -2.80. The zero-order valence-corrected chi connectivity index (χ0v) is 10.2. The highest BCUT2D eigenvalue weighted by molar-refractivity contribution is 7.91. The number of halogens is 1. The van der Waals surface area contributed by atoms with Crippen molar-refractivity contribution in [3.05, 3.63) is 0 Å². The second-order valence-corrected chi connectivity index (χ2v) is 6.67. The summed E-state index contributed by atoms with van der Waals surface area (Å²) < 4.78 is 22.2. The quantitative estimate of drug-likeness (QED) is 0.652. The molecule has 0 spiro atoms. The van der Waals surface area contributed by atoms with Gasteiger partial charge in [0, 0.05) is 11.1 Å². The summed E-state index contributed by atoms with van der Waals surface area (Å²) in [6.07, 6.45) is 1.47. The zero-order valence-electron chi connectivity index (χ0n) is 8.59. The average molecular weight is 227 g/mol. The molecule has 0 rings (SSSR count). The number of alkyl halides is 1. The largest absolute Gasteiger partial charge is 0.229 e. The standard InChI is InChI=1S/C9H19ClO2S/c1-4-13(11,12)7-5-6-9(10)8(2)3/h8-9H,4-7H2,1-3H3. The first-order valence-electron chi connectivity index (χ1n) is 4.73. The van der Waals surface area contributed by atoms with Crippen LogP contribution in [0, 0.1) is 5.92 Å². The van der Waals surface area contributed by atoms with E-state index < -0.39 is 9.84 Å². The fourth-order valence-corrected chi connectivity index (χ4v) is 2.03. The van der Waals surface area contributed by atoms with Gasteiger partial charge in [0.05, 0.1) is 5.75 Å². The van der Waals surface area contributed by atoms with E-state index in [0.717, 1.165) is 6.42 Å². The molecule has 0 saturated heterocycles. The van der Waals surface area contributed by atoms with Crippen LogP contribution in [-0.4, -0.2) is 25.3 Å². The van der Waals surface area contributed by atoms with E-state index in [-0.39, 0.29) is 16.9 Å². The number of hydrogen-bond acceptors (Lipinski definition) is 2. The van der Waals surface area contributed by atoms with Gasteiger partial charge in [-0.3, -0.25) is 0 Å². The van der Waals surface area contributed by atoms with E-state index in [0.29, 0.717) is 12.3 Å². The van der Waals surface area contributed by atoms with Crippen LogP contribution in [0.1, 0.15) is 33.6 Å². The van der Waals surface area contributed by atoms with Crippen LogP contribution >= 0.6 is 11.6 Å². The van der Waals surface area contributed by atoms with Gasteiger partial charge in [0.15, 0.2) is 0 Å². The molecule has 13 heavy (non-hydrogen) atoms. The van der Waals surface area contributed by atoms with Crippen molar-refractivity contribution >= 4 is 21.4 Å². The van der Waals surface area contributed by atoms with Crippen molar-refractivity contribution in [3.8, 4) is 0 Å². The third-order valence-corrected chi connectivity index (χ3v) is 4.61. The molecule has 0 aliphatic rings. The molecule has 4 heteroatoms. The van der Waals surface area contributed by atoms with Gasteiger partial charge in [0.25, 0.3) is 0 Å². The van der Waals surface area contributed by atoms with Crippen LogP contribution in [0.4, 0.5) is 0 Å². The van der Waals surface area contributed by atoms with Crippen LogP contribution in [0.25, 0.3) is 0 Å². The molecule has 0 aromatic heterocycles. The van der Waals surface area contributed by atoms with Crippen molar-refractivity contribution < 1.29 is 8.42 Å². The van der Waals surface area contributed by atoms with Gasteiger partial charge in [-0.1, -0.05) is 20.8 Å².